The van der Waals surface area contributed by atoms with Crippen LogP contribution in [0, 0.1) is 20.8 Å². The van der Waals surface area contributed by atoms with Gasteiger partial charge in [-0.05, 0) is 45.7 Å². The molecule has 17 heavy (non-hydrogen) atoms. The summed E-state index contributed by atoms with van der Waals surface area (Å²) >= 11 is 0. The van der Waals surface area contributed by atoms with E-state index in [4.69, 9.17) is 0 Å². The molecule has 2 rings (SSSR count). The van der Waals surface area contributed by atoms with E-state index in [2.05, 4.69) is 57.0 Å². The summed E-state index contributed by atoms with van der Waals surface area (Å²) in [5.74, 6) is 0. The number of rotatable bonds is 1. The maximum Gasteiger partial charge on any atom is 0.0429 e. The Morgan fingerprint density at radius 3 is 2.29 bits per heavy atom. The van der Waals surface area contributed by atoms with Gasteiger partial charge in [0, 0.05) is 30.9 Å². The first-order valence-electron chi connectivity index (χ1n) is 6.57. The normalized spacial score (nSPS) is 25.1. The first-order valence-corrected chi connectivity index (χ1v) is 6.57. The summed E-state index contributed by atoms with van der Waals surface area (Å²) in [6.45, 7) is 13.4. The third-order valence-electron chi connectivity index (χ3n) is 3.69. The van der Waals surface area contributed by atoms with Crippen LogP contribution in [0.4, 0.5) is 5.69 Å². The van der Waals surface area contributed by atoms with Gasteiger partial charge in [-0.2, -0.15) is 0 Å². The van der Waals surface area contributed by atoms with Crippen LogP contribution in [0.25, 0.3) is 0 Å². The molecule has 0 amide bonds. The third kappa shape index (κ3) is 2.47. The highest BCUT2D eigenvalue weighted by molar-refractivity contribution is 5.61. The van der Waals surface area contributed by atoms with Crippen molar-refractivity contribution < 1.29 is 0 Å². The largest absolute Gasteiger partial charge is 0.366 e. The number of hydrogen-bond donors (Lipinski definition) is 1. The molecule has 0 aliphatic carbocycles. The second-order valence-corrected chi connectivity index (χ2v) is 5.56. The van der Waals surface area contributed by atoms with Gasteiger partial charge in [-0.15, -0.1) is 0 Å². The second kappa shape index (κ2) is 4.69. The highest BCUT2D eigenvalue weighted by Gasteiger charge is 2.24. The number of hydrogen-bond acceptors (Lipinski definition) is 2. The lowest BCUT2D eigenvalue weighted by atomic mass is 10.0. The number of anilines is 1. The van der Waals surface area contributed by atoms with Gasteiger partial charge in [0.2, 0.25) is 0 Å². The molecule has 1 aliphatic rings. The molecular weight excluding hydrogens is 208 g/mol. The van der Waals surface area contributed by atoms with Gasteiger partial charge >= 0.3 is 0 Å². The van der Waals surface area contributed by atoms with Crippen molar-refractivity contribution in [3.8, 4) is 0 Å². The summed E-state index contributed by atoms with van der Waals surface area (Å²) in [5, 5.41) is 3.54. The van der Waals surface area contributed by atoms with Crippen molar-refractivity contribution in [1.29, 1.82) is 0 Å². The smallest absolute Gasteiger partial charge is 0.0429 e. The van der Waals surface area contributed by atoms with Crippen LogP contribution in [0.3, 0.4) is 0 Å². The van der Waals surface area contributed by atoms with E-state index in [-0.39, 0.29) is 0 Å². The van der Waals surface area contributed by atoms with Crippen molar-refractivity contribution >= 4 is 5.69 Å². The van der Waals surface area contributed by atoms with Crippen LogP contribution >= 0.6 is 0 Å². The summed E-state index contributed by atoms with van der Waals surface area (Å²) in [6, 6.07) is 5.74. The Labute approximate surface area is 105 Å². The van der Waals surface area contributed by atoms with Crippen molar-refractivity contribution in [3.63, 3.8) is 0 Å². The predicted molar refractivity (Wildman–Crippen MR) is 74.9 cm³/mol. The van der Waals surface area contributed by atoms with E-state index in [0.29, 0.717) is 12.1 Å². The summed E-state index contributed by atoms with van der Waals surface area (Å²) in [7, 11) is 0. The van der Waals surface area contributed by atoms with Crippen molar-refractivity contribution in [3.05, 3.63) is 28.8 Å². The van der Waals surface area contributed by atoms with Crippen molar-refractivity contribution in [2.75, 3.05) is 18.0 Å². The highest BCUT2D eigenvalue weighted by atomic mass is 15.2. The molecule has 1 saturated heterocycles. The lowest BCUT2D eigenvalue weighted by Gasteiger charge is -2.41. The topological polar surface area (TPSA) is 15.3 Å². The molecule has 0 radical (unpaired) electrons. The van der Waals surface area contributed by atoms with Crippen molar-refractivity contribution in [2.45, 2.75) is 46.7 Å². The summed E-state index contributed by atoms with van der Waals surface area (Å²) < 4.78 is 0. The lowest BCUT2D eigenvalue weighted by Crippen LogP contribution is -2.54. The minimum atomic E-state index is 0.575. The second-order valence-electron chi connectivity index (χ2n) is 5.56. The standard InChI is InChI=1S/C15H24N2/c1-10-6-11(2)15(12(3)7-10)17-9-13(4)16-8-14(17)5/h6-7,13-14,16H,8-9H2,1-5H3. The Morgan fingerprint density at radius 1 is 1.12 bits per heavy atom. The zero-order valence-corrected chi connectivity index (χ0v) is 11.7. The molecule has 0 bridgehead atoms. The Hall–Kier alpha value is -1.02. The zero-order chi connectivity index (χ0) is 12.6. The predicted octanol–water partition coefficient (Wildman–Crippen LogP) is 2.80. The lowest BCUT2D eigenvalue weighted by molar-refractivity contribution is 0.424. The molecular formula is C15H24N2. The van der Waals surface area contributed by atoms with Gasteiger partial charge < -0.3 is 10.2 Å². The summed E-state index contributed by atoms with van der Waals surface area (Å²) in [6.07, 6.45) is 0. The minimum absolute atomic E-state index is 0.575. The Morgan fingerprint density at radius 2 is 1.71 bits per heavy atom. The van der Waals surface area contributed by atoms with Crippen LogP contribution in [-0.4, -0.2) is 25.2 Å². The molecule has 1 N–H and O–H groups in total. The highest BCUT2D eigenvalue weighted by Crippen LogP contribution is 2.29. The van der Waals surface area contributed by atoms with Gasteiger partial charge in [-0.3, -0.25) is 0 Å². The minimum Gasteiger partial charge on any atom is -0.366 e. The van der Waals surface area contributed by atoms with E-state index >= 15 is 0 Å². The molecule has 0 saturated carbocycles. The first-order chi connectivity index (χ1) is 7.99. The van der Waals surface area contributed by atoms with Gasteiger partial charge in [0.15, 0.2) is 0 Å². The van der Waals surface area contributed by atoms with Gasteiger partial charge in [-0.25, -0.2) is 0 Å². The van der Waals surface area contributed by atoms with Gasteiger partial charge in [-0.1, -0.05) is 17.7 Å². The quantitative estimate of drug-likeness (QED) is 0.801. The fourth-order valence-electron chi connectivity index (χ4n) is 2.96. The summed E-state index contributed by atoms with van der Waals surface area (Å²) in [5.41, 5.74) is 5.61. The fourth-order valence-corrected chi connectivity index (χ4v) is 2.96. The van der Waals surface area contributed by atoms with Crippen LogP contribution in [0.1, 0.15) is 30.5 Å². The van der Waals surface area contributed by atoms with E-state index in [1.807, 2.05) is 0 Å². The zero-order valence-electron chi connectivity index (χ0n) is 11.7. The third-order valence-corrected chi connectivity index (χ3v) is 3.69. The van der Waals surface area contributed by atoms with Gasteiger partial charge in [0.1, 0.15) is 0 Å². The van der Waals surface area contributed by atoms with Crippen LogP contribution in [0.5, 0.6) is 0 Å². The number of nitrogens with zero attached hydrogens (tertiary/aromatic N) is 1. The van der Waals surface area contributed by atoms with Crippen LogP contribution in [0.15, 0.2) is 12.1 Å². The molecule has 2 heteroatoms. The van der Waals surface area contributed by atoms with Gasteiger partial charge in [0.25, 0.3) is 0 Å². The molecule has 0 spiro atoms. The van der Waals surface area contributed by atoms with Crippen molar-refractivity contribution in [1.82, 2.24) is 5.32 Å². The summed E-state index contributed by atoms with van der Waals surface area (Å²) in [4.78, 5) is 2.56. The number of aryl methyl sites for hydroxylation is 3. The molecule has 94 valence electrons. The average Bonchev–Trinajstić information content (AvgIpc) is 2.21. The van der Waals surface area contributed by atoms with Crippen molar-refractivity contribution in [2.24, 2.45) is 0 Å². The molecule has 2 nitrogen and oxygen atoms in total. The molecule has 1 aromatic rings. The molecule has 2 unspecified atom stereocenters. The average molecular weight is 232 g/mol. The number of nitrogens with one attached hydrogen (secondary N) is 1. The molecule has 1 heterocycles. The monoisotopic (exact) mass is 232 g/mol. The Kier molecular flexibility index (Phi) is 3.43. The number of piperazine rings is 1. The molecule has 1 aromatic carbocycles. The van der Waals surface area contributed by atoms with Gasteiger partial charge in [0.05, 0.1) is 0 Å². The maximum absolute atomic E-state index is 3.54. The Bertz CT molecular complexity index is 388. The van der Waals surface area contributed by atoms with Crippen LogP contribution < -0.4 is 10.2 Å². The fraction of sp³-hybridized carbons (Fsp3) is 0.600. The maximum atomic E-state index is 3.54. The first kappa shape index (κ1) is 12.4. The molecule has 1 aliphatic heterocycles. The molecule has 2 atom stereocenters. The van der Waals surface area contributed by atoms with E-state index in [1.165, 1.54) is 22.4 Å². The van der Waals surface area contributed by atoms with Crippen LogP contribution in [-0.2, 0) is 0 Å². The molecule has 0 aromatic heterocycles. The van der Waals surface area contributed by atoms with E-state index < -0.39 is 0 Å². The SMILES string of the molecule is Cc1cc(C)c(N2CC(C)NCC2C)c(C)c1. The van der Waals surface area contributed by atoms with E-state index in [9.17, 15) is 0 Å². The molecule has 1 fully saturated rings. The van der Waals surface area contributed by atoms with Crippen LogP contribution in [0.2, 0.25) is 0 Å². The van der Waals surface area contributed by atoms with E-state index in [1.54, 1.807) is 0 Å². The Balaban J connectivity index is 2.38. The number of benzene rings is 1. The van der Waals surface area contributed by atoms with E-state index in [0.717, 1.165) is 13.1 Å².